The van der Waals surface area contributed by atoms with E-state index < -0.39 is 18.3 Å². The molecule has 0 spiro atoms. The van der Waals surface area contributed by atoms with Crippen molar-refractivity contribution in [2.24, 2.45) is 0 Å². The number of nitrogens with zero attached hydrogens (tertiary/aromatic N) is 2. The number of aromatic nitrogens is 2. The molecule has 6 aromatic carbocycles. The zero-order valence-electron chi connectivity index (χ0n) is 27.1. The Labute approximate surface area is 274 Å². The Morgan fingerprint density at radius 3 is 1.77 bits per heavy atom. The van der Waals surface area contributed by atoms with Gasteiger partial charge in [-0.2, -0.15) is 0 Å². The summed E-state index contributed by atoms with van der Waals surface area (Å²) in [5, 5.41) is 4.83. The molecular weight excluding hydrogens is 575 g/mol. The van der Waals surface area contributed by atoms with Crippen molar-refractivity contribution in [3.8, 4) is 22.5 Å². The average Bonchev–Trinajstić information content (AvgIpc) is 3.68. The van der Waals surface area contributed by atoms with Crippen LogP contribution in [0, 0.1) is 0 Å². The summed E-state index contributed by atoms with van der Waals surface area (Å²) in [5.41, 5.74) is 9.57. The molecule has 0 saturated carbocycles. The van der Waals surface area contributed by atoms with Crippen LogP contribution in [0.15, 0.2) is 140 Å². The third-order valence-electron chi connectivity index (χ3n) is 10.4. The second kappa shape index (κ2) is 10.2. The van der Waals surface area contributed by atoms with Crippen LogP contribution in [-0.2, 0) is 9.31 Å². The van der Waals surface area contributed by atoms with E-state index in [0.717, 1.165) is 27.9 Å². The minimum absolute atomic E-state index is 0.403. The van der Waals surface area contributed by atoms with E-state index in [1.807, 2.05) is 0 Å². The van der Waals surface area contributed by atoms with E-state index in [1.54, 1.807) is 0 Å². The largest absolute Gasteiger partial charge is 0.494 e. The van der Waals surface area contributed by atoms with Crippen LogP contribution in [0.4, 0.5) is 0 Å². The summed E-state index contributed by atoms with van der Waals surface area (Å²) in [7, 11) is -0.424. The van der Waals surface area contributed by atoms with Crippen molar-refractivity contribution < 1.29 is 9.31 Å². The first-order chi connectivity index (χ1) is 22.8. The lowest BCUT2D eigenvalue weighted by molar-refractivity contribution is 0.00578. The number of fused-ring (bicyclic) bond motifs is 6. The zero-order chi connectivity index (χ0) is 31.9. The normalized spacial score (nSPS) is 15.8. The van der Waals surface area contributed by atoms with Crippen LogP contribution in [0.2, 0.25) is 0 Å². The van der Waals surface area contributed by atoms with Crippen LogP contribution >= 0.6 is 0 Å². The molecule has 0 atom stereocenters. The van der Waals surface area contributed by atoms with Crippen molar-refractivity contribution in [1.82, 2.24) is 9.13 Å². The highest BCUT2D eigenvalue weighted by molar-refractivity contribution is 6.62. The minimum Gasteiger partial charge on any atom is -0.399 e. The molecule has 0 radical (unpaired) electrons. The highest BCUT2D eigenvalue weighted by Crippen LogP contribution is 2.42. The van der Waals surface area contributed by atoms with Crippen LogP contribution < -0.4 is 5.46 Å². The Balaban J connectivity index is 1.34. The van der Waals surface area contributed by atoms with Gasteiger partial charge >= 0.3 is 7.12 Å². The Bertz CT molecular complexity index is 2470. The first kappa shape index (κ1) is 28.2. The molecule has 3 heterocycles. The Hall–Kier alpha value is -5.10. The number of benzene rings is 6. The van der Waals surface area contributed by atoms with E-state index >= 15 is 0 Å². The van der Waals surface area contributed by atoms with E-state index in [2.05, 4.69) is 176 Å². The predicted octanol–water partition coefficient (Wildman–Crippen LogP) is 9.85. The first-order valence-corrected chi connectivity index (χ1v) is 16.4. The quantitative estimate of drug-likeness (QED) is 0.186. The summed E-state index contributed by atoms with van der Waals surface area (Å²) in [4.78, 5) is 0. The van der Waals surface area contributed by atoms with Crippen molar-refractivity contribution in [3.05, 3.63) is 140 Å². The van der Waals surface area contributed by atoms with E-state index in [-0.39, 0.29) is 0 Å². The molecule has 4 nitrogen and oxygen atoms in total. The molecule has 0 unspecified atom stereocenters. The molecule has 9 rings (SSSR count). The first-order valence-electron chi connectivity index (χ1n) is 16.4. The lowest BCUT2D eigenvalue weighted by atomic mass is 9.78. The maximum absolute atomic E-state index is 6.47. The average molecular weight is 611 g/mol. The summed E-state index contributed by atoms with van der Waals surface area (Å²) in [6, 6.07) is 50.3. The van der Waals surface area contributed by atoms with Gasteiger partial charge in [-0.1, -0.05) is 109 Å². The summed E-state index contributed by atoms with van der Waals surface area (Å²) in [6.45, 7) is 8.42. The number of hydrogen-bond donors (Lipinski definition) is 0. The number of para-hydroxylation sites is 4. The van der Waals surface area contributed by atoms with Gasteiger partial charge in [0.25, 0.3) is 0 Å². The Kier molecular flexibility index (Phi) is 6.11. The maximum atomic E-state index is 6.47. The van der Waals surface area contributed by atoms with Crippen LogP contribution in [0.5, 0.6) is 0 Å². The second-order valence-electron chi connectivity index (χ2n) is 13.6. The summed E-state index contributed by atoms with van der Waals surface area (Å²) in [6.07, 6.45) is 0. The van der Waals surface area contributed by atoms with Gasteiger partial charge in [-0.3, -0.25) is 0 Å². The van der Waals surface area contributed by atoms with Gasteiger partial charge in [0, 0.05) is 27.1 Å². The molecule has 1 fully saturated rings. The van der Waals surface area contributed by atoms with Crippen molar-refractivity contribution in [3.63, 3.8) is 0 Å². The van der Waals surface area contributed by atoms with Gasteiger partial charge in [0.1, 0.15) is 0 Å². The monoisotopic (exact) mass is 610 g/mol. The van der Waals surface area contributed by atoms with Crippen LogP contribution in [0.1, 0.15) is 27.7 Å². The molecule has 5 heteroatoms. The molecule has 0 N–H and O–H groups in total. The molecule has 0 bridgehead atoms. The van der Waals surface area contributed by atoms with Crippen molar-refractivity contribution in [2.75, 3.05) is 0 Å². The molecule has 1 aliphatic rings. The third kappa shape index (κ3) is 4.17. The third-order valence-corrected chi connectivity index (χ3v) is 10.4. The fraction of sp³-hybridized carbons (Fsp3) is 0.143. The number of rotatable bonds is 4. The molecule has 1 saturated heterocycles. The number of hydrogen-bond acceptors (Lipinski definition) is 2. The highest BCUT2D eigenvalue weighted by Gasteiger charge is 2.51. The van der Waals surface area contributed by atoms with Gasteiger partial charge < -0.3 is 18.4 Å². The lowest BCUT2D eigenvalue weighted by Gasteiger charge is -2.32. The lowest BCUT2D eigenvalue weighted by Crippen LogP contribution is -2.41. The van der Waals surface area contributed by atoms with Gasteiger partial charge in [-0.25, -0.2) is 0 Å². The molecule has 1 aliphatic heterocycles. The Morgan fingerprint density at radius 1 is 0.468 bits per heavy atom. The summed E-state index contributed by atoms with van der Waals surface area (Å²) in [5.74, 6) is 0. The molecular formula is C42H35BN2O2. The standard InChI is InChI=1S/C42H35BN2O2/c1-41(2)42(3,4)47-43(46-41)29-25-26-38-34(27-29)32-19-10-12-22-36(32)44(38)39-24-14-20-33-31-18-9-13-23-37(31)45(40(33)39)35-21-11-8-17-30(35)28-15-6-5-7-16-28/h5-27H,1-4H3. The minimum atomic E-state index is -0.424. The van der Waals surface area contributed by atoms with Gasteiger partial charge in [0.05, 0.1) is 44.6 Å². The highest BCUT2D eigenvalue weighted by atomic mass is 16.7. The smallest absolute Gasteiger partial charge is 0.399 e. The molecule has 0 amide bonds. The van der Waals surface area contributed by atoms with Crippen molar-refractivity contribution in [2.45, 2.75) is 38.9 Å². The molecule has 2 aromatic heterocycles. The van der Waals surface area contributed by atoms with E-state index in [1.165, 1.54) is 43.7 Å². The topological polar surface area (TPSA) is 28.3 Å². The van der Waals surface area contributed by atoms with Gasteiger partial charge in [0.2, 0.25) is 0 Å². The van der Waals surface area contributed by atoms with E-state index in [0.29, 0.717) is 0 Å². The van der Waals surface area contributed by atoms with E-state index in [9.17, 15) is 0 Å². The summed E-state index contributed by atoms with van der Waals surface area (Å²) < 4.78 is 17.8. The molecule has 228 valence electrons. The Morgan fingerprint density at radius 2 is 1.02 bits per heavy atom. The summed E-state index contributed by atoms with van der Waals surface area (Å²) >= 11 is 0. The van der Waals surface area contributed by atoms with Gasteiger partial charge in [0.15, 0.2) is 0 Å². The SMILES string of the molecule is CC1(C)OB(c2ccc3c(c2)c2ccccc2n3-c2cccc3c4ccccc4n(-c4ccccc4-c4ccccc4)c23)OC1(C)C. The van der Waals surface area contributed by atoms with Crippen LogP contribution in [0.3, 0.4) is 0 Å². The fourth-order valence-electron chi connectivity index (χ4n) is 7.34. The molecule has 8 aromatic rings. The second-order valence-corrected chi connectivity index (χ2v) is 13.6. The predicted molar refractivity (Wildman–Crippen MR) is 196 cm³/mol. The zero-order valence-corrected chi connectivity index (χ0v) is 27.1. The van der Waals surface area contributed by atoms with Gasteiger partial charge in [-0.05, 0) is 69.1 Å². The van der Waals surface area contributed by atoms with Crippen molar-refractivity contribution in [1.29, 1.82) is 0 Å². The van der Waals surface area contributed by atoms with Crippen molar-refractivity contribution >= 4 is 56.2 Å². The van der Waals surface area contributed by atoms with Crippen LogP contribution in [0.25, 0.3) is 66.1 Å². The fourth-order valence-corrected chi connectivity index (χ4v) is 7.34. The van der Waals surface area contributed by atoms with Crippen LogP contribution in [-0.4, -0.2) is 27.5 Å². The molecule has 47 heavy (non-hydrogen) atoms. The van der Waals surface area contributed by atoms with Gasteiger partial charge in [-0.15, -0.1) is 0 Å². The maximum Gasteiger partial charge on any atom is 0.494 e. The molecule has 0 aliphatic carbocycles. The van der Waals surface area contributed by atoms with E-state index in [4.69, 9.17) is 9.31 Å².